The van der Waals surface area contributed by atoms with Gasteiger partial charge in [-0.15, -0.1) is 0 Å². The van der Waals surface area contributed by atoms with Crippen molar-refractivity contribution in [1.29, 1.82) is 0 Å². The second-order valence-corrected chi connectivity index (χ2v) is 9.46. The molecule has 1 aromatic rings. The molecule has 5 heteroatoms. The summed E-state index contributed by atoms with van der Waals surface area (Å²) in [5, 5.41) is 0. The molecule has 0 spiro atoms. The van der Waals surface area contributed by atoms with E-state index in [9.17, 15) is 4.39 Å². The lowest BCUT2D eigenvalue weighted by atomic mass is 9.97. The Bertz CT molecular complexity index is 836. The molecule has 1 aromatic heterocycles. The molecule has 32 heavy (non-hydrogen) atoms. The van der Waals surface area contributed by atoms with E-state index in [1.807, 2.05) is 38.3 Å². The molecule has 0 N–H and O–H groups in total. The first-order valence-corrected chi connectivity index (χ1v) is 12.2. The van der Waals surface area contributed by atoms with Crippen LogP contribution in [0.5, 0.6) is 0 Å². The topological polar surface area (TPSA) is 22.6 Å². The van der Waals surface area contributed by atoms with Crippen LogP contribution >= 0.6 is 0 Å². The number of hydrogen-bond acceptors (Lipinski definition) is 4. The molecule has 2 aliphatic heterocycles. The Hall–Kier alpha value is -1.98. The second-order valence-electron chi connectivity index (χ2n) is 9.46. The third-order valence-electron chi connectivity index (χ3n) is 7.07. The summed E-state index contributed by atoms with van der Waals surface area (Å²) in [6, 6.07) is 3.43. The minimum Gasteiger partial charge on any atom is -0.354 e. The Morgan fingerprint density at radius 3 is 2.53 bits per heavy atom. The van der Waals surface area contributed by atoms with Crippen molar-refractivity contribution in [2.75, 3.05) is 44.2 Å². The van der Waals surface area contributed by atoms with Crippen LogP contribution in [0.2, 0.25) is 0 Å². The Labute approximate surface area is 194 Å². The third-order valence-corrected chi connectivity index (χ3v) is 7.07. The lowest BCUT2D eigenvalue weighted by Crippen LogP contribution is -2.58. The maximum absolute atomic E-state index is 13.4. The molecular weight excluding hydrogens is 399 g/mol. The summed E-state index contributed by atoms with van der Waals surface area (Å²) < 4.78 is 13.4. The Morgan fingerprint density at radius 2 is 1.91 bits per heavy atom. The first kappa shape index (κ1) is 24.7. The van der Waals surface area contributed by atoms with Crippen LogP contribution in [0, 0.1) is 13.8 Å². The van der Waals surface area contributed by atoms with Crippen molar-refractivity contribution in [2.45, 2.75) is 66.0 Å². The van der Waals surface area contributed by atoms with E-state index in [0.29, 0.717) is 18.6 Å². The van der Waals surface area contributed by atoms with E-state index in [-0.39, 0.29) is 0 Å². The average Bonchev–Trinajstić information content (AvgIpc) is 2.81. The maximum Gasteiger partial charge on any atom is 0.131 e. The average molecular weight is 441 g/mol. The van der Waals surface area contributed by atoms with Crippen LogP contribution in [0.4, 0.5) is 10.2 Å². The zero-order valence-corrected chi connectivity index (χ0v) is 20.6. The number of halogens is 1. The van der Waals surface area contributed by atoms with Gasteiger partial charge in [0.15, 0.2) is 0 Å². The quantitative estimate of drug-likeness (QED) is 0.527. The number of piperidine rings is 1. The summed E-state index contributed by atoms with van der Waals surface area (Å²) in [7, 11) is 0. The summed E-state index contributed by atoms with van der Waals surface area (Å²) in [4.78, 5) is 12.4. The van der Waals surface area contributed by atoms with Crippen LogP contribution in [0.15, 0.2) is 48.0 Å². The largest absolute Gasteiger partial charge is 0.354 e. The molecule has 0 amide bonds. The van der Waals surface area contributed by atoms with Crippen molar-refractivity contribution in [3.8, 4) is 0 Å². The lowest BCUT2D eigenvalue weighted by molar-refractivity contribution is 0.0659. The normalized spacial score (nSPS) is 22.8. The minimum atomic E-state index is 0.566. The van der Waals surface area contributed by atoms with Crippen molar-refractivity contribution >= 4 is 5.82 Å². The van der Waals surface area contributed by atoms with E-state index in [1.54, 1.807) is 0 Å². The van der Waals surface area contributed by atoms with E-state index in [4.69, 9.17) is 4.98 Å². The van der Waals surface area contributed by atoms with Gasteiger partial charge in [-0.3, -0.25) is 9.80 Å². The highest BCUT2D eigenvalue weighted by Crippen LogP contribution is 2.27. The molecule has 3 heterocycles. The Balaban J connectivity index is 1.54. The van der Waals surface area contributed by atoms with Gasteiger partial charge in [0, 0.05) is 44.5 Å². The second kappa shape index (κ2) is 11.8. The summed E-state index contributed by atoms with van der Waals surface area (Å²) in [5.41, 5.74) is 4.41. The highest BCUT2D eigenvalue weighted by atomic mass is 19.1. The molecule has 0 bridgehead atoms. The molecule has 1 unspecified atom stereocenters. The predicted octanol–water partition coefficient (Wildman–Crippen LogP) is 5.44. The maximum atomic E-state index is 13.4. The molecule has 0 radical (unpaired) electrons. The predicted molar refractivity (Wildman–Crippen MR) is 134 cm³/mol. The third kappa shape index (κ3) is 6.29. The standard InChI is InChI=1S/C27H41FN4/c1-6-21(3)8-9-24(17-28)19-30-12-10-26(11-13-30)32-15-14-31(20-25(32)7-2)27-23(5)16-22(4)18-29-27/h6,8-9,16-18,25-26H,7,10-15,19-20H2,1-5H3/b9-8-,21-6-,24-17-. The van der Waals surface area contributed by atoms with Crippen molar-refractivity contribution in [1.82, 2.24) is 14.8 Å². The van der Waals surface area contributed by atoms with Gasteiger partial charge in [0.05, 0.1) is 6.33 Å². The number of likely N-dealkylation sites (tertiary alicyclic amines) is 1. The molecule has 2 aliphatic rings. The van der Waals surface area contributed by atoms with Gasteiger partial charge in [-0.2, -0.15) is 0 Å². The Morgan fingerprint density at radius 1 is 1.16 bits per heavy atom. The van der Waals surface area contributed by atoms with Crippen molar-refractivity contribution in [3.63, 3.8) is 0 Å². The molecule has 0 aliphatic carbocycles. The fourth-order valence-electron chi connectivity index (χ4n) is 5.07. The number of nitrogens with zero attached hydrogens (tertiary/aromatic N) is 4. The summed E-state index contributed by atoms with van der Waals surface area (Å²) in [6.45, 7) is 16.6. The summed E-state index contributed by atoms with van der Waals surface area (Å²) >= 11 is 0. The summed E-state index contributed by atoms with van der Waals surface area (Å²) in [5.74, 6) is 1.15. The van der Waals surface area contributed by atoms with Crippen LogP contribution in [0.25, 0.3) is 0 Å². The zero-order valence-electron chi connectivity index (χ0n) is 20.6. The first-order chi connectivity index (χ1) is 15.4. The fourth-order valence-corrected chi connectivity index (χ4v) is 5.07. The molecular formula is C27H41FN4. The lowest BCUT2D eigenvalue weighted by Gasteiger charge is -2.48. The molecule has 4 nitrogen and oxygen atoms in total. The van der Waals surface area contributed by atoms with E-state index in [0.717, 1.165) is 75.3 Å². The number of piperazine rings is 1. The number of hydrogen-bond donors (Lipinski definition) is 0. The minimum absolute atomic E-state index is 0.566. The van der Waals surface area contributed by atoms with Gasteiger partial charge in [0.2, 0.25) is 0 Å². The van der Waals surface area contributed by atoms with Gasteiger partial charge in [-0.05, 0) is 76.7 Å². The number of pyridine rings is 1. The molecule has 176 valence electrons. The van der Waals surface area contributed by atoms with Crippen LogP contribution in [0.3, 0.4) is 0 Å². The van der Waals surface area contributed by atoms with E-state index >= 15 is 0 Å². The van der Waals surface area contributed by atoms with Crippen molar-refractivity contribution in [2.24, 2.45) is 0 Å². The van der Waals surface area contributed by atoms with E-state index < -0.39 is 0 Å². The molecule has 1 atom stereocenters. The van der Waals surface area contributed by atoms with Crippen LogP contribution in [-0.4, -0.2) is 66.1 Å². The van der Waals surface area contributed by atoms with Crippen molar-refractivity contribution < 1.29 is 4.39 Å². The van der Waals surface area contributed by atoms with Crippen LogP contribution in [0.1, 0.15) is 51.2 Å². The van der Waals surface area contributed by atoms with Gasteiger partial charge < -0.3 is 4.90 Å². The molecule has 3 rings (SSSR count). The van der Waals surface area contributed by atoms with Gasteiger partial charge in [0.1, 0.15) is 5.82 Å². The van der Waals surface area contributed by atoms with Crippen molar-refractivity contribution in [3.05, 3.63) is 59.1 Å². The van der Waals surface area contributed by atoms with E-state index in [2.05, 4.69) is 41.5 Å². The van der Waals surface area contributed by atoms with Crippen LogP contribution < -0.4 is 4.90 Å². The van der Waals surface area contributed by atoms with Gasteiger partial charge in [-0.1, -0.05) is 36.8 Å². The Kier molecular flexibility index (Phi) is 9.06. The molecule has 0 aromatic carbocycles. The number of aromatic nitrogens is 1. The molecule has 2 fully saturated rings. The number of aryl methyl sites for hydroxylation is 2. The van der Waals surface area contributed by atoms with Gasteiger partial charge in [-0.25, -0.2) is 9.37 Å². The van der Waals surface area contributed by atoms with Crippen LogP contribution in [-0.2, 0) is 0 Å². The highest BCUT2D eigenvalue weighted by Gasteiger charge is 2.33. The fraction of sp³-hybridized carbons (Fsp3) is 0.593. The summed E-state index contributed by atoms with van der Waals surface area (Å²) in [6.07, 6.45) is 12.2. The number of rotatable bonds is 7. The van der Waals surface area contributed by atoms with Gasteiger partial charge >= 0.3 is 0 Å². The monoisotopic (exact) mass is 440 g/mol. The highest BCUT2D eigenvalue weighted by molar-refractivity contribution is 5.48. The zero-order chi connectivity index (χ0) is 23.1. The molecule has 2 saturated heterocycles. The smallest absolute Gasteiger partial charge is 0.131 e. The number of allylic oxidation sites excluding steroid dienone is 3. The van der Waals surface area contributed by atoms with Gasteiger partial charge in [0.25, 0.3) is 0 Å². The molecule has 0 saturated carbocycles. The SMILES string of the molecule is C\C=C(C)/C=C\C(=C\F)CN1CCC(N2CCN(c3ncc(C)cc3C)CC2CC)CC1. The van der Waals surface area contributed by atoms with E-state index in [1.165, 1.54) is 11.1 Å². The number of anilines is 1. The first-order valence-electron chi connectivity index (χ1n) is 12.2.